The average molecular weight is 419 g/mol. The van der Waals surface area contributed by atoms with E-state index in [-0.39, 0.29) is 11.9 Å². The minimum absolute atomic E-state index is 0.0418. The Bertz CT molecular complexity index is 1030. The molecule has 1 saturated carbocycles. The normalized spacial score (nSPS) is 15.4. The second-order valence-corrected chi connectivity index (χ2v) is 8.41. The van der Waals surface area contributed by atoms with E-state index in [9.17, 15) is 4.79 Å². The Hall–Kier alpha value is -3.08. The van der Waals surface area contributed by atoms with Crippen LogP contribution in [0.4, 0.5) is 0 Å². The zero-order valence-corrected chi connectivity index (χ0v) is 18.3. The lowest BCUT2D eigenvalue weighted by atomic mass is 9.90. The summed E-state index contributed by atoms with van der Waals surface area (Å²) in [5.74, 6) is 2.80. The first-order valence-corrected chi connectivity index (χ1v) is 11.2. The molecule has 1 aliphatic carbocycles. The molecule has 162 valence electrons. The van der Waals surface area contributed by atoms with Gasteiger partial charge in [0.1, 0.15) is 11.5 Å². The number of rotatable bonds is 7. The summed E-state index contributed by atoms with van der Waals surface area (Å²) in [6.07, 6.45) is 6.58. The number of amides is 1. The summed E-state index contributed by atoms with van der Waals surface area (Å²) < 4.78 is 11.9. The van der Waals surface area contributed by atoms with Crippen LogP contribution in [0.1, 0.15) is 57.6 Å². The highest BCUT2D eigenvalue weighted by molar-refractivity contribution is 5.80. The number of carbonyl (C=O) groups is 1. The van der Waals surface area contributed by atoms with Crippen LogP contribution in [0, 0.1) is 5.92 Å². The van der Waals surface area contributed by atoms with Crippen LogP contribution in [0.5, 0.6) is 17.4 Å². The highest BCUT2D eigenvalue weighted by atomic mass is 16.5. The molecule has 31 heavy (non-hydrogen) atoms. The molecular formula is C26H30N2O3. The van der Waals surface area contributed by atoms with Crippen LogP contribution in [0.3, 0.4) is 0 Å². The van der Waals surface area contributed by atoms with Crippen molar-refractivity contribution >= 4 is 16.8 Å². The van der Waals surface area contributed by atoms with Gasteiger partial charge in [0.05, 0.1) is 18.2 Å². The monoisotopic (exact) mass is 418 g/mol. The fourth-order valence-corrected chi connectivity index (χ4v) is 4.13. The Morgan fingerprint density at radius 1 is 1.03 bits per heavy atom. The first-order valence-electron chi connectivity index (χ1n) is 11.2. The van der Waals surface area contributed by atoms with Crippen molar-refractivity contribution in [2.45, 2.75) is 52.0 Å². The van der Waals surface area contributed by atoms with Gasteiger partial charge in [-0.25, -0.2) is 4.98 Å². The van der Waals surface area contributed by atoms with Gasteiger partial charge in [-0.15, -0.1) is 0 Å². The van der Waals surface area contributed by atoms with Crippen molar-refractivity contribution in [1.29, 1.82) is 0 Å². The van der Waals surface area contributed by atoms with Crippen molar-refractivity contribution in [2.75, 3.05) is 6.61 Å². The molecule has 2 aromatic carbocycles. The molecule has 1 unspecified atom stereocenters. The van der Waals surface area contributed by atoms with Crippen LogP contribution >= 0.6 is 0 Å². The van der Waals surface area contributed by atoms with Crippen molar-refractivity contribution in [3.63, 3.8) is 0 Å². The molecule has 0 radical (unpaired) electrons. The summed E-state index contributed by atoms with van der Waals surface area (Å²) in [7, 11) is 0. The zero-order valence-electron chi connectivity index (χ0n) is 18.3. The van der Waals surface area contributed by atoms with Crippen LogP contribution in [-0.2, 0) is 4.79 Å². The van der Waals surface area contributed by atoms with Crippen LogP contribution < -0.4 is 14.8 Å². The third kappa shape index (κ3) is 5.75. The Morgan fingerprint density at radius 3 is 2.52 bits per heavy atom. The number of benzene rings is 2. The van der Waals surface area contributed by atoms with E-state index < -0.39 is 0 Å². The number of fused-ring (bicyclic) bond motifs is 1. The molecule has 1 amide bonds. The molecule has 0 aliphatic heterocycles. The second-order valence-electron chi connectivity index (χ2n) is 8.41. The quantitative estimate of drug-likeness (QED) is 0.497. The van der Waals surface area contributed by atoms with E-state index in [1.807, 2.05) is 61.5 Å². The summed E-state index contributed by atoms with van der Waals surface area (Å²) in [5.41, 5.74) is 1.89. The number of ether oxygens (including phenoxy) is 2. The van der Waals surface area contributed by atoms with Crippen molar-refractivity contribution < 1.29 is 14.3 Å². The minimum atomic E-state index is -0.0447. The lowest BCUT2D eigenvalue weighted by Gasteiger charge is -2.21. The molecule has 3 aromatic rings. The highest BCUT2D eigenvalue weighted by Gasteiger charge is 2.14. The molecule has 1 fully saturated rings. The molecule has 1 heterocycles. The van der Waals surface area contributed by atoms with E-state index in [4.69, 9.17) is 9.47 Å². The third-order valence-corrected chi connectivity index (χ3v) is 5.86. The van der Waals surface area contributed by atoms with Gasteiger partial charge in [-0.05, 0) is 73.7 Å². The number of nitrogens with zero attached hydrogens (tertiary/aromatic N) is 1. The minimum Gasteiger partial charge on any atom is -0.493 e. The van der Waals surface area contributed by atoms with Crippen molar-refractivity contribution in [2.24, 2.45) is 5.92 Å². The lowest BCUT2D eigenvalue weighted by molar-refractivity contribution is -0.119. The predicted octanol–water partition coefficient (Wildman–Crippen LogP) is 6.18. The van der Waals surface area contributed by atoms with E-state index in [2.05, 4.69) is 10.3 Å². The Balaban J connectivity index is 1.38. The number of carbonyl (C=O) groups excluding carboxylic acids is 1. The summed E-state index contributed by atoms with van der Waals surface area (Å²) in [6, 6.07) is 17.5. The van der Waals surface area contributed by atoms with Gasteiger partial charge in [-0.2, -0.15) is 0 Å². The second kappa shape index (κ2) is 9.82. The summed E-state index contributed by atoms with van der Waals surface area (Å²) in [5, 5.41) is 3.91. The van der Waals surface area contributed by atoms with Crippen LogP contribution in [0.2, 0.25) is 0 Å². The smallest absolute Gasteiger partial charge is 0.219 e. The van der Waals surface area contributed by atoms with Crippen molar-refractivity contribution in [3.8, 4) is 17.4 Å². The van der Waals surface area contributed by atoms with Gasteiger partial charge in [-0.1, -0.05) is 25.3 Å². The molecule has 1 aromatic heterocycles. The molecule has 0 saturated heterocycles. The molecular weight excluding hydrogens is 388 g/mol. The number of nitrogens with one attached hydrogen (secondary N) is 1. The van der Waals surface area contributed by atoms with Gasteiger partial charge < -0.3 is 14.8 Å². The van der Waals surface area contributed by atoms with Gasteiger partial charge in [0, 0.05) is 18.4 Å². The van der Waals surface area contributed by atoms with Gasteiger partial charge in [-0.3, -0.25) is 4.79 Å². The van der Waals surface area contributed by atoms with Crippen molar-refractivity contribution in [3.05, 3.63) is 60.2 Å². The molecule has 1 atom stereocenters. The molecule has 1 N–H and O–H groups in total. The molecule has 1 aliphatic rings. The van der Waals surface area contributed by atoms with E-state index in [0.717, 1.165) is 34.6 Å². The standard InChI is InChI=1S/C26H30N2O3/c1-18(27-19(2)29)21-8-14-25-22(16-21)9-15-26(28-25)31-24-12-10-23(11-13-24)30-17-20-6-4-3-5-7-20/h8-16,18,20H,3-7,17H2,1-2H3,(H,27,29). The van der Waals surface area contributed by atoms with Crippen LogP contribution in [0.15, 0.2) is 54.6 Å². The van der Waals surface area contributed by atoms with Crippen LogP contribution in [-0.4, -0.2) is 17.5 Å². The third-order valence-electron chi connectivity index (χ3n) is 5.86. The number of hydrogen-bond donors (Lipinski definition) is 1. The number of pyridine rings is 1. The zero-order chi connectivity index (χ0) is 21.6. The summed E-state index contributed by atoms with van der Waals surface area (Å²) in [6.45, 7) is 4.29. The van der Waals surface area contributed by atoms with E-state index in [0.29, 0.717) is 11.8 Å². The average Bonchev–Trinajstić information content (AvgIpc) is 2.78. The predicted molar refractivity (Wildman–Crippen MR) is 123 cm³/mol. The maximum atomic E-state index is 11.3. The van der Waals surface area contributed by atoms with E-state index >= 15 is 0 Å². The van der Waals surface area contributed by atoms with Gasteiger partial charge in [0.25, 0.3) is 0 Å². The molecule has 0 spiro atoms. The fraction of sp³-hybridized carbons (Fsp3) is 0.385. The first kappa shape index (κ1) is 21.2. The van der Waals surface area contributed by atoms with E-state index in [1.165, 1.54) is 39.0 Å². The molecule has 0 bridgehead atoms. The Morgan fingerprint density at radius 2 is 1.77 bits per heavy atom. The van der Waals surface area contributed by atoms with Gasteiger partial charge in [0.15, 0.2) is 0 Å². The van der Waals surface area contributed by atoms with Gasteiger partial charge in [0.2, 0.25) is 11.8 Å². The topological polar surface area (TPSA) is 60.5 Å². The highest BCUT2D eigenvalue weighted by Crippen LogP contribution is 2.28. The Kier molecular flexibility index (Phi) is 6.70. The van der Waals surface area contributed by atoms with Crippen LogP contribution in [0.25, 0.3) is 10.9 Å². The summed E-state index contributed by atoms with van der Waals surface area (Å²) >= 11 is 0. The van der Waals surface area contributed by atoms with Crippen molar-refractivity contribution in [1.82, 2.24) is 10.3 Å². The number of aromatic nitrogens is 1. The Labute approximate surface area is 183 Å². The maximum Gasteiger partial charge on any atom is 0.219 e. The lowest BCUT2D eigenvalue weighted by Crippen LogP contribution is -2.23. The molecule has 4 rings (SSSR count). The summed E-state index contributed by atoms with van der Waals surface area (Å²) in [4.78, 5) is 15.9. The fourth-order valence-electron chi connectivity index (χ4n) is 4.13. The van der Waals surface area contributed by atoms with E-state index in [1.54, 1.807) is 0 Å². The molecule has 5 nitrogen and oxygen atoms in total. The number of hydrogen-bond acceptors (Lipinski definition) is 4. The maximum absolute atomic E-state index is 11.3. The largest absolute Gasteiger partial charge is 0.493 e. The SMILES string of the molecule is CC(=O)NC(C)c1ccc2nc(Oc3ccc(OCC4CCCCC4)cc3)ccc2c1. The molecule has 5 heteroatoms. The van der Waals surface area contributed by atoms with Gasteiger partial charge >= 0.3 is 0 Å². The first-order chi connectivity index (χ1) is 15.1.